The second-order valence-corrected chi connectivity index (χ2v) is 12.2. The molecule has 0 bridgehead atoms. The minimum Gasteiger partial charge on any atom is -0.335 e. The molecule has 0 aliphatic carbocycles. The minimum absolute atomic E-state index is 0.122. The van der Waals surface area contributed by atoms with Gasteiger partial charge in [-0.2, -0.15) is 17.5 Å². The normalized spacial score (nSPS) is 23.2. The smallest absolute Gasteiger partial charge is 0.335 e. The number of rotatable bonds is 5. The molecular weight excluding hydrogens is 568 g/mol. The van der Waals surface area contributed by atoms with Gasteiger partial charge in [0.15, 0.2) is 0 Å². The summed E-state index contributed by atoms with van der Waals surface area (Å²) in [6, 6.07) is 5.32. The van der Waals surface area contributed by atoms with E-state index in [9.17, 15) is 31.2 Å². The van der Waals surface area contributed by atoms with E-state index in [1.807, 2.05) is 0 Å². The van der Waals surface area contributed by atoms with Gasteiger partial charge in [-0.05, 0) is 49.7 Å². The van der Waals surface area contributed by atoms with E-state index in [0.29, 0.717) is 5.56 Å². The molecule has 206 valence electrons. The van der Waals surface area contributed by atoms with E-state index in [1.165, 1.54) is 35.2 Å². The Hall–Kier alpha value is -2.38. The molecule has 2 fully saturated rings. The third-order valence-corrected chi connectivity index (χ3v) is 9.26. The van der Waals surface area contributed by atoms with Crippen LogP contribution in [0.2, 0.25) is 10.0 Å². The van der Waals surface area contributed by atoms with E-state index in [0.717, 1.165) is 21.3 Å². The number of nitrogens with two attached hydrogens (primary N) is 1. The van der Waals surface area contributed by atoms with Crippen LogP contribution in [0.1, 0.15) is 25.0 Å². The van der Waals surface area contributed by atoms with Crippen LogP contribution in [0, 0.1) is 0 Å². The van der Waals surface area contributed by atoms with Gasteiger partial charge >= 0.3 is 6.18 Å². The maximum atomic E-state index is 13.8. The fourth-order valence-electron chi connectivity index (χ4n) is 4.76. The van der Waals surface area contributed by atoms with E-state index >= 15 is 0 Å². The molecule has 2 amide bonds. The first-order chi connectivity index (χ1) is 17.6. The zero-order valence-electron chi connectivity index (χ0n) is 20.3. The number of hydrogen-bond acceptors (Lipinski definition) is 5. The first-order valence-corrected chi connectivity index (χ1v) is 13.8. The molecule has 0 radical (unpaired) electrons. The first kappa shape index (κ1) is 28.6. The van der Waals surface area contributed by atoms with E-state index < -0.39 is 51.8 Å². The molecule has 0 saturated carbocycles. The van der Waals surface area contributed by atoms with Crippen LogP contribution >= 0.6 is 23.2 Å². The minimum atomic E-state index is -4.54. The number of carbonyl (C=O) groups is 2. The molecule has 2 N–H and O–H groups in total. The molecule has 3 atom stereocenters. The molecule has 0 aromatic heterocycles. The van der Waals surface area contributed by atoms with Gasteiger partial charge in [0.25, 0.3) is 0 Å². The molecule has 2 heterocycles. The molecule has 2 aromatic rings. The Kier molecular flexibility index (Phi) is 7.76. The van der Waals surface area contributed by atoms with E-state index in [2.05, 4.69) is 0 Å². The topological polar surface area (TPSA) is 104 Å². The monoisotopic (exact) mass is 592 g/mol. The van der Waals surface area contributed by atoms with Crippen LogP contribution in [0.5, 0.6) is 0 Å². The predicted octanol–water partition coefficient (Wildman–Crippen LogP) is 3.36. The molecule has 4 rings (SSSR count). The van der Waals surface area contributed by atoms with Crippen LogP contribution in [0.4, 0.5) is 13.2 Å². The number of piperazine rings is 1. The van der Waals surface area contributed by atoms with Crippen molar-refractivity contribution < 1.29 is 31.2 Å². The Balaban J connectivity index is 1.77. The van der Waals surface area contributed by atoms with Crippen LogP contribution in [-0.2, 0) is 32.2 Å². The molecular formula is C24H25Cl2F3N4O4S. The molecule has 14 heteroatoms. The van der Waals surface area contributed by atoms with Gasteiger partial charge in [0.05, 0.1) is 23.2 Å². The van der Waals surface area contributed by atoms with Gasteiger partial charge < -0.3 is 15.5 Å². The van der Waals surface area contributed by atoms with Crippen molar-refractivity contribution >= 4 is 45.0 Å². The molecule has 2 aromatic carbocycles. The maximum absolute atomic E-state index is 13.8. The number of benzene rings is 2. The van der Waals surface area contributed by atoms with E-state index in [1.54, 1.807) is 13.8 Å². The summed E-state index contributed by atoms with van der Waals surface area (Å²) >= 11 is 12.1. The summed E-state index contributed by atoms with van der Waals surface area (Å²) in [6.45, 7) is 3.01. The summed E-state index contributed by atoms with van der Waals surface area (Å²) in [4.78, 5) is 29.2. The lowest BCUT2D eigenvalue weighted by atomic mass is 9.96. The van der Waals surface area contributed by atoms with Crippen molar-refractivity contribution in [1.82, 2.24) is 14.1 Å². The fraction of sp³-hybridized carbons (Fsp3) is 0.417. The zero-order valence-corrected chi connectivity index (χ0v) is 22.7. The number of sulfonamides is 1. The van der Waals surface area contributed by atoms with Crippen molar-refractivity contribution in [3.05, 3.63) is 63.6 Å². The summed E-state index contributed by atoms with van der Waals surface area (Å²) in [5.41, 5.74) is 5.58. The van der Waals surface area contributed by atoms with E-state index in [4.69, 9.17) is 28.9 Å². The van der Waals surface area contributed by atoms with Crippen LogP contribution < -0.4 is 5.73 Å². The van der Waals surface area contributed by atoms with Crippen LogP contribution in [0.15, 0.2) is 47.4 Å². The molecule has 38 heavy (non-hydrogen) atoms. The highest BCUT2D eigenvalue weighted by Gasteiger charge is 2.53. The lowest BCUT2D eigenvalue weighted by molar-refractivity contribution is -0.167. The third kappa shape index (κ3) is 5.24. The molecule has 2 aliphatic rings. The fourth-order valence-corrected chi connectivity index (χ4v) is 7.10. The summed E-state index contributed by atoms with van der Waals surface area (Å²) in [5.74, 6) is -1.09. The number of halogens is 5. The SMILES string of the molecule is CC(C)N1CC2N(C(=O)C(N)CN2S(=O)(=O)c2ccc(Cl)cc2Cl)C(Cc2ccc(C(F)(F)F)cc2)C1=O. The summed E-state index contributed by atoms with van der Waals surface area (Å²) in [6.07, 6.45) is -5.78. The standard InChI is InChI=1S/C24H25Cl2F3N4O4S/c1-13(2)31-12-21-32(38(36,37)20-8-7-16(25)10-17(20)26)11-18(30)22(34)33(21)19(23(31)35)9-14-3-5-15(6-4-14)24(27,28)29/h3-8,10,13,18-19,21H,9,11-12,30H2,1-2H3. The summed E-state index contributed by atoms with van der Waals surface area (Å²) in [7, 11) is -4.32. The predicted molar refractivity (Wildman–Crippen MR) is 135 cm³/mol. The average molecular weight is 593 g/mol. The maximum Gasteiger partial charge on any atom is 0.416 e. The van der Waals surface area contributed by atoms with Crippen molar-refractivity contribution in [1.29, 1.82) is 0 Å². The van der Waals surface area contributed by atoms with Crippen molar-refractivity contribution in [3.63, 3.8) is 0 Å². The van der Waals surface area contributed by atoms with Gasteiger partial charge in [0.1, 0.15) is 17.1 Å². The highest BCUT2D eigenvalue weighted by molar-refractivity contribution is 7.89. The largest absolute Gasteiger partial charge is 0.416 e. The van der Waals surface area contributed by atoms with Crippen molar-refractivity contribution in [2.24, 2.45) is 5.73 Å². The Morgan fingerprint density at radius 3 is 2.21 bits per heavy atom. The van der Waals surface area contributed by atoms with Crippen molar-refractivity contribution in [2.75, 3.05) is 13.1 Å². The number of alkyl halides is 3. The number of nitrogens with zero attached hydrogens (tertiary/aromatic N) is 3. The van der Waals surface area contributed by atoms with Gasteiger partial charge in [0.2, 0.25) is 21.8 Å². The lowest BCUT2D eigenvalue weighted by Crippen LogP contribution is -2.75. The molecule has 8 nitrogen and oxygen atoms in total. The lowest BCUT2D eigenvalue weighted by Gasteiger charge is -2.53. The Morgan fingerprint density at radius 2 is 1.66 bits per heavy atom. The number of amides is 2. The molecule has 2 aliphatic heterocycles. The highest BCUT2D eigenvalue weighted by atomic mass is 35.5. The van der Waals surface area contributed by atoms with Crippen LogP contribution in [-0.4, -0.2) is 71.7 Å². The summed E-state index contributed by atoms with van der Waals surface area (Å²) < 4.78 is 67.7. The molecule has 0 spiro atoms. The Labute approximate surface area is 228 Å². The van der Waals surface area contributed by atoms with Gasteiger partial charge in [-0.1, -0.05) is 35.3 Å². The van der Waals surface area contributed by atoms with E-state index in [-0.39, 0.29) is 40.5 Å². The van der Waals surface area contributed by atoms with Crippen LogP contribution in [0.3, 0.4) is 0 Å². The summed E-state index contributed by atoms with van der Waals surface area (Å²) in [5, 5.41) is 0.107. The van der Waals surface area contributed by atoms with Crippen LogP contribution in [0.25, 0.3) is 0 Å². The Bertz CT molecular complexity index is 1360. The third-order valence-electron chi connectivity index (χ3n) is 6.68. The number of carbonyl (C=O) groups excluding carboxylic acids is 2. The zero-order chi connectivity index (χ0) is 28.2. The highest BCUT2D eigenvalue weighted by Crippen LogP contribution is 2.35. The van der Waals surface area contributed by atoms with Gasteiger partial charge in [-0.25, -0.2) is 8.42 Å². The van der Waals surface area contributed by atoms with Crippen molar-refractivity contribution in [2.45, 2.75) is 55.6 Å². The second kappa shape index (κ2) is 10.3. The quantitative estimate of drug-likeness (QED) is 0.573. The molecule has 3 unspecified atom stereocenters. The van der Waals surface area contributed by atoms with Gasteiger partial charge in [-0.3, -0.25) is 9.59 Å². The first-order valence-electron chi connectivity index (χ1n) is 11.6. The van der Waals surface area contributed by atoms with Crippen molar-refractivity contribution in [3.8, 4) is 0 Å². The van der Waals surface area contributed by atoms with Gasteiger partial charge in [-0.15, -0.1) is 0 Å². The number of fused-ring (bicyclic) bond motifs is 1. The average Bonchev–Trinajstić information content (AvgIpc) is 2.82. The second-order valence-electron chi connectivity index (χ2n) is 9.48. The molecule has 2 saturated heterocycles. The number of hydrogen-bond donors (Lipinski definition) is 1. The van der Waals surface area contributed by atoms with Gasteiger partial charge in [0, 0.05) is 24.0 Å². The Morgan fingerprint density at radius 1 is 1.03 bits per heavy atom.